The molecule has 12 heavy (non-hydrogen) atoms. The molecule has 70 valence electrons. The van der Waals surface area contributed by atoms with Crippen molar-refractivity contribution in [1.82, 2.24) is 0 Å². The zero-order valence-electron chi connectivity index (χ0n) is 8.35. The van der Waals surface area contributed by atoms with Gasteiger partial charge in [-0.25, -0.2) is 4.79 Å². The maximum atomic E-state index is 10.6. The van der Waals surface area contributed by atoms with E-state index in [1.807, 2.05) is 6.92 Å². The van der Waals surface area contributed by atoms with Crippen molar-refractivity contribution in [1.29, 1.82) is 0 Å². The molecule has 0 saturated carbocycles. The molecular formula is C10H18O2. The van der Waals surface area contributed by atoms with E-state index in [0.29, 0.717) is 11.5 Å². The summed E-state index contributed by atoms with van der Waals surface area (Å²) in [5, 5.41) is 8.68. The van der Waals surface area contributed by atoms with Crippen LogP contribution in [0.3, 0.4) is 0 Å². The van der Waals surface area contributed by atoms with Crippen molar-refractivity contribution in [2.24, 2.45) is 5.92 Å². The average Bonchev–Trinajstić information content (AvgIpc) is 2.02. The Balaban J connectivity index is 4.26. The van der Waals surface area contributed by atoms with E-state index in [1.54, 1.807) is 6.92 Å². The second-order valence-electron chi connectivity index (χ2n) is 3.43. The van der Waals surface area contributed by atoms with E-state index in [4.69, 9.17) is 5.11 Å². The highest BCUT2D eigenvalue weighted by molar-refractivity contribution is 5.86. The lowest BCUT2D eigenvalue weighted by atomic mass is 9.97. The zero-order chi connectivity index (χ0) is 9.72. The van der Waals surface area contributed by atoms with Gasteiger partial charge in [-0.1, -0.05) is 25.8 Å². The molecule has 0 aliphatic heterocycles. The highest BCUT2D eigenvalue weighted by atomic mass is 16.4. The van der Waals surface area contributed by atoms with E-state index in [9.17, 15) is 4.79 Å². The van der Waals surface area contributed by atoms with E-state index < -0.39 is 5.97 Å². The Morgan fingerprint density at radius 1 is 1.42 bits per heavy atom. The first-order valence-corrected chi connectivity index (χ1v) is 4.38. The minimum atomic E-state index is -0.796. The van der Waals surface area contributed by atoms with E-state index in [0.717, 1.165) is 18.4 Å². The molecule has 0 aromatic heterocycles. The molecule has 0 radical (unpaired) electrons. The standard InChI is InChI=1S/C10H18O2/c1-5-7(2)6-8(3)9(4)10(11)12/h7H,5-6H2,1-4H3,(H,11,12)/b9-8-. The first kappa shape index (κ1) is 11.2. The molecule has 0 heterocycles. The Bertz CT molecular complexity index is 192. The molecule has 1 atom stereocenters. The molecule has 0 amide bonds. The Hall–Kier alpha value is -0.790. The second-order valence-corrected chi connectivity index (χ2v) is 3.43. The lowest BCUT2D eigenvalue weighted by Crippen LogP contribution is -2.02. The average molecular weight is 170 g/mol. The smallest absolute Gasteiger partial charge is 0.331 e. The third-order valence-corrected chi connectivity index (χ3v) is 2.31. The van der Waals surface area contributed by atoms with Gasteiger partial charge in [-0.15, -0.1) is 0 Å². The lowest BCUT2D eigenvalue weighted by molar-refractivity contribution is -0.132. The van der Waals surface area contributed by atoms with E-state index in [2.05, 4.69) is 13.8 Å². The Kier molecular flexibility index (Phi) is 4.64. The molecule has 0 saturated heterocycles. The molecule has 0 aliphatic rings. The van der Waals surface area contributed by atoms with Crippen LogP contribution in [0, 0.1) is 5.92 Å². The fourth-order valence-electron chi connectivity index (χ4n) is 1.00. The molecule has 0 aromatic carbocycles. The van der Waals surface area contributed by atoms with Gasteiger partial charge >= 0.3 is 5.97 Å². The Morgan fingerprint density at radius 3 is 2.25 bits per heavy atom. The first-order chi connectivity index (χ1) is 5.49. The fraction of sp³-hybridized carbons (Fsp3) is 0.700. The molecule has 0 aromatic rings. The normalized spacial score (nSPS) is 15.3. The van der Waals surface area contributed by atoms with Gasteiger partial charge < -0.3 is 5.11 Å². The molecule has 0 spiro atoms. The quantitative estimate of drug-likeness (QED) is 0.659. The van der Waals surface area contributed by atoms with Crippen LogP contribution in [0.15, 0.2) is 11.1 Å². The van der Waals surface area contributed by atoms with Crippen molar-refractivity contribution in [2.75, 3.05) is 0 Å². The van der Waals surface area contributed by atoms with Gasteiger partial charge in [0.15, 0.2) is 0 Å². The van der Waals surface area contributed by atoms with Gasteiger partial charge in [0, 0.05) is 5.57 Å². The van der Waals surface area contributed by atoms with Crippen molar-refractivity contribution in [3.63, 3.8) is 0 Å². The number of hydrogen-bond acceptors (Lipinski definition) is 1. The van der Waals surface area contributed by atoms with Crippen molar-refractivity contribution >= 4 is 5.97 Å². The SMILES string of the molecule is CCC(C)C/C(C)=C(/C)C(=O)O. The number of carboxylic acids is 1. The molecule has 0 bridgehead atoms. The van der Waals surface area contributed by atoms with Crippen molar-refractivity contribution < 1.29 is 9.90 Å². The number of carboxylic acid groups (broad SMARTS) is 1. The molecule has 0 fully saturated rings. The van der Waals surface area contributed by atoms with Crippen LogP contribution in [-0.2, 0) is 4.79 Å². The van der Waals surface area contributed by atoms with Gasteiger partial charge in [0.05, 0.1) is 0 Å². The van der Waals surface area contributed by atoms with Gasteiger partial charge in [0.1, 0.15) is 0 Å². The van der Waals surface area contributed by atoms with Crippen LogP contribution in [0.1, 0.15) is 40.5 Å². The molecule has 2 heteroatoms. The summed E-state index contributed by atoms with van der Waals surface area (Å²) in [6.07, 6.45) is 2.00. The van der Waals surface area contributed by atoms with Gasteiger partial charge in [-0.2, -0.15) is 0 Å². The topological polar surface area (TPSA) is 37.3 Å². The molecule has 0 aliphatic carbocycles. The van der Waals surface area contributed by atoms with Crippen LogP contribution >= 0.6 is 0 Å². The van der Waals surface area contributed by atoms with Gasteiger partial charge in [-0.3, -0.25) is 0 Å². The Morgan fingerprint density at radius 2 is 1.92 bits per heavy atom. The third-order valence-electron chi connectivity index (χ3n) is 2.31. The fourth-order valence-corrected chi connectivity index (χ4v) is 1.00. The van der Waals surface area contributed by atoms with Crippen LogP contribution in [0.2, 0.25) is 0 Å². The molecule has 1 unspecified atom stereocenters. The largest absolute Gasteiger partial charge is 0.478 e. The van der Waals surface area contributed by atoms with E-state index in [-0.39, 0.29) is 0 Å². The molecule has 2 nitrogen and oxygen atoms in total. The molecule has 1 N–H and O–H groups in total. The summed E-state index contributed by atoms with van der Waals surface area (Å²) in [5.41, 5.74) is 1.49. The summed E-state index contributed by atoms with van der Waals surface area (Å²) in [7, 11) is 0. The molecular weight excluding hydrogens is 152 g/mol. The number of hydrogen-bond donors (Lipinski definition) is 1. The number of aliphatic carboxylic acids is 1. The summed E-state index contributed by atoms with van der Waals surface area (Å²) < 4.78 is 0. The van der Waals surface area contributed by atoms with E-state index in [1.165, 1.54) is 0 Å². The minimum absolute atomic E-state index is 0.496. The summed E-state index contributed by atoms with van der Waals surface area (Å²) in [6.45, 7) is 7.82. The summed E-state index contributed by atoms with van der Waals surface area (Å²) >= 11 is 0. The number of allylic oxidation sites excluding steroid dienone is 1. The minimum Gasteiger partial charge on any atom is -0.478 e. The maximum absolute atomic E-state index is 10.6. The maximum Gasteiger partial charge on any atom is 0.331 e. The van der Waals surface area contributed by atoms with Crippen molar-refractivity contribution in [2.45, 2.75) is 40.5 Å². The predicted molar refractivity (Wildman–Crippen MR) is 50.1 cm³/mol. The van der Waals surface area contributed by atoms with Crippen molar-refractivity contribution in [3.05, 3.63) is 11.1 Å². The van der Waals surface area contributed by atoms with Crippen LogP contribution in [0.25, 0.3) is 0 Å². The lowest BCUT2D eigenvalue weighted by Gasteiger charge is -2.09. The van der Waals surface area contributed by atoms with E-state index >= 15 is 0 Å². The predicted octanol–water partition coefficient (Wildman–Crippen LogP) is 2.84. The van der Waals surface area contributed by atoms with Gasteiger partial charge in [-0.05, 0) is 26.2 Å². The highest BCUT2D eigenvalue weighted by Crippen LogP contribution is 2.16. The first-order valence-electron chi connectivity index (χ1n) is 4.38. The Labute approximate surface area is 74.3 Å². The summed E-state index contributed by atoms with van der Waals surface area (Å²) in [6, 6.07) is 0. The molecule has 0 rings (SSSR count). The second kappa shape index (κ2) is 4.96. The zero-order valence-corrected chi connectivity index (χ0v) is 8.35. The third kappa shape index (κ3) is 3.56. The van der Waals surface area contributed by atoms with Gasteiger partial charge in [0.2, 0.25) is 0 Å². The monoisotopic (exact) mass is 170 g/mol. The van der Waals surface area contributed by atoms with Crippen LogP contribution < -0.4 is 0 Å². The van der Waals surface area contributed by atoms with Gasteiger partial charge in [0.25, 0.3) is 0 Å². The van der Waals surface area contributed by atoms with Crippen molar-refractivity contribution in [3.8, 4) is 0 Å². The summed E-state index contributed by atoms with van der Waals surface area (Å²) in [5.74, 6) is -0.213. The number of rotatable bonds is 4. The van der Waals surface area contributed by atoms with Crippen LogP contribution in [-0.4, -0.2) is 11.1 Å². The highest BCUT2D eigenvalue weighted by Gasteiger charge is 2.07. The van der Waals surface area contributed by atoms with Crippen LogP contribution in [0.5, 0.6) is 0 Å². The van der Waals surface area contributed by atoms with Crippen LogP contribution in [0.4, 0.5) is 0 Å². The summed E-state index contributed by atoms with van der Waals surface area (Å²) in [4.78, 5) is 10.6. The number of carbonyl (C=O) groups is 1.